The lowest BCUT2D eigenvalue weighted by atomic mass is 10.1. The van der Waals surface area contributed by atoms with Crippen molar-refractivity contribution in [1.82, 2.24) is 0 Å². The summed E-state index contributed by atoms with van der Waals surface area (Å²) in [7, 11) is 0. The molecule has 1 rings (SSSR count). The van der Waals surface area contributed by atoms with Crippen LogP contribution in [0.4, 0.5) is 23.2 Å². The zero-order valence-electron chi connectivity index (χ0n) is 10.2. The molecule has 0 atom stereocenters. The maximum Gasteiger partial charge on any atom is 0.255 e. The Morgan fingerprint density at radius 3 is 2.25 bits per heavy atom. The average molecular weight is 295 g/mol. The number of alkyl halides is 2. The molecule has 0 aliphatic carbocycles. The first-order chi connectivity index (χ1) is 9.40. The molecular formula is C11H13F4N3O2. The number of nitrogens with two attached hydrogens (primary N) is 1. The lowest BCUT2D eigenvalue weighted by Gasteiger charge is -2.24. The van der Waals surface area contributed by atoms with Crippen LogP contribution in [0.1, 0.15) is 5.56 Å². The number of nitrogens with zero attached hydrogens (tertiary/aromatic N) is 2. The Labute approximate surface area is 111 Å². The van der Waals surface area contributed by atoms with E-state index in [4.69, 9.17) is 16.0 Å². The molecule has 0 unspecified atom stereocenters. The van der Waals surface area contributed by atoms with Crippen molar-refractivity contribution in [2.75, 3.05) is 24.6 Å². The number of hydrogen-bond acceptors (Lipinski definition) is 4. The van der Waals surface area contributed by atoms with Gasteiger partial charge in [0.05, 0.1) is 13.2 Å². The van der Waals surface area contributed by atoms with Crippen LogP contribution in [-0.4, -0.2) is 42.3 Å². The molecule has 0 aromatic heterocycles. The summed E-state index contributed by atoms with van der Waals surface area (Å²) in [6.07, 6.45) is -2.83. The minimum atomic E-state index is -2.83. The fourth-order valence-electron chi connectivity index (χ4n) is 1.65. The van der Waals surface area contributed by atoms with E-state index in [-0.39, 0.29) is 12.1 Å². The van der Waals surface area contributed by atoms with E-state index in [2.05, 4.69) is 5.16 Å². The first-order valence-corrected chi connectivity index (χ1v) is 5.51. The van der Waals surface area contributed by atoms with Gasteiger partial charge in [0.2, 0.25) is 0 Å². The van der Waals surface area contributed by atoms with Crippen molar-refractivity contribution in [1.29, 1.82) is 0 Å². The predicted molar refractivity (Wildman–Crippen MR) is 64.2 cm³/mol. The number of rotatable bonds is 6. The molecular weight excluding hydrogens is 282 g/mol. The van der Waals surface area contributed by atoms with Crippen molar-refractivity contribution in [2.45, 2.75) is 6.43 Å². The summed E-state index contributed by atoms with van der Waals surface area (Å²) in [6, 6.07) is 1.51. The van der Waals surface area contributed by atoms with Crippen molar-refractivity contribution >= 4 is 11.5 Å². The molecule has 0 amide bonds. The second-order valence-corrected chi connectivity index (χ2v) is 3.83. The van der Waals surface area contributed by atoms with Crippen LogP contribution >= 0.6 is 0 Å². The van der Waals surface area contributed by atoms with Gasteiger partial charge in [0.25, 0.3) is 6.43 Å². The van der Waals surface area contributed by atoms with Gasteiger partial charge in [-0.2, -0.15) is 0 Å². The largest absolute Gasteiger partial charge is 0.409 e. The summed E-state index contributed by atoms with van der Waals surface area (Å²) >= 11 is 0. The number of hydrogen-bond donors (Lipinski definition) is 3. The summed E-state index contributed by atoms with van der Waals surface area (Å²) in [4.78, 5) is 0.686. The molecule has 9 heteroatoms. The minimum Gasteiger partial charge on any atom is -0.409 e. The first kappa shape index (κ1) is 16.0. The van der Waals surface area contributed by atoms with Gasteiger partial charge in [-0.1, -0.05) is 5.16 Å². The van der Waals surface area contributed by atoms with Crippen LogP contribution in [0.2, 0.25) is 0 Å². The van der Waals surface area contributed by atoms with Gasteiger partial charge >= 0.3 is 0 Å². The van der Waals surface area contributed by atoms with E-state index in [0.29, 0.717) is 4.90 Å². The highest BCUT2D eigenvalue weighted by Crippen LogP contribution is 2.25. The standard InChI is InChI=1S/C11H13F4N3O2/c12-7-3-6(11(16)17-20)4-8(13)10(7)18(1-2-19)5-9(14)15/h3-4,9,19-20H,1-2,5H2,(H2,16,17). The highest BCUT2D eigenvalue weighted by atomic mass is 19.3. The van der Waals surface area contributed by atoms with Crippen LogP contribution < -0.4 is 10.6 Å². The molecule has 112 valence electrons. The molecule has 5 nitrogen and oxygen atoms in total. The van der Waals surface area contributed by atoms with E-state index in [1.165, 1.54) is 0 Å². The molecule has 20 heavy (non-hydrogen) atoms. The number of oxime groups is 1. The zero-order valence-corrected chi connectivity index (χ0v) is 10.2. The third-order valence-corrected chi connectivity index (χ3v) is 2.46. The quantitative estimate of drug-likeness (QED) is 0.241. The van der Waals surface area contributed by atoms with Crippen LogP contribution in [-0.2, 0) is 0 Å². The van der Waals surface area contributed by atoms with E-state index in [1.807, 2.05) is 0 Å². The summed E-state index contributed by atoms with van der Waals surface area (Å²) in [6.45, 7) is -1.84. The van der Waals surface area contributed by atoms with Crippen molar-refractivity contribution in [2.24, 2.45) is 10.9 Å². The van der Waals surface area contributed by atoms with E-state index in [0.717, 1.165) is 12.1 Å². The van der Waals surface area contributed by atoms with E-state index in [1.54, 1.807) is 0 Å². The van der Waals surface area contributed by atoms with Crippen LogP contribution in [0.15, 0.2) is 17.3 Å². The molecule has 4 N–H and O–H groups in total. The van der Waals surface area contributed by atoms with Gasteiger partial charge in [0, 0.05) is 12.1 Å². The van der Waals surface area contributed by atoms with Crippen molar-refractivity contribution in [3.63, 3.8) is 0 Å². The van der Waals surface area contributed by atoms with E-state index in [9.17, 15) is 17.6 Å². The normalized spacial score (nSPS) is 12.0. The van der Waals surface area contributed by atoms with Gasteiger partial charge in [-0.25, -0.2) is 17.6 Å². The molecule has 0 aliphatic heterocycles. The first-order valence-electron chi connectivity index (χ1n) is 5.51. The predicted octanol–water partition coefficient (Wildman–Crippen LogP) is 1.12. The summed E-state index contributed by atoms with van der Waals surface area (Å²) in [5.74, 6) is -2.82. The summed E-state index contributed by atoms with van der Waals surface area (Å²) < 4.78 is 52.4. The number of amidine groups is 1. The third-order valence-electron chi connectivity index (χ3n) is 2.46. The number of aliphatic hydroxyl groups excluding tert-OH is 1. The SMILES string of the molecule is N/C(=N/O)c1cc(F)c(N(CCO)CC(F)F)c(F)c1. The number of anilines is 1. The molecule has 0 fully saturated rings. The zero-order chi connectivity index (χ0) is 15.3. The lowest BCUT2D eigenvalue weighted by molar-refractivity contribution is 0.152. The van der Waals surface area contributed by atoms with Gasteiger partial charge in [-0.05, 0) is 12.1 Å². The van der Waals surface area contributed by atoms with Crippen LogP contribution in [0.5, 0.6) is 0 Å². The van der Waals surface area contributed by atoms with Gasteiger partial charge < -0.3 is 20.9 Å². The van der Waals surface area contributed by atoms with E-state index < -0.39 is 42.7 Å². The van der Waals surface area contributed by atoms with Crippen molar-refractivity contribution in [3.05, 3.63) is 29.3 Å². The Balaban J connectivity index is 3.22. The summed E-state index contributed by atoms with van der Waals surface area (Å²) in [5.41, 5.74) is 4.26. The second kappa shape index (κ2) is 6.94. The van der Waals surface area contributed by atoms with Crippen LogP contribution in [0, 0.1) is 11.6 Å². The number of aliphatic hydroxyl groups is 1. The molecule has 0 saturated heterocycles. The van der Waals surface area contributed by atoms with E-state index >= 15 is 0 Å². The lowest BCUT2D eigenvalue weighted by Crippen LogP contribution is -2.33. The fraction of sp³-hybridized carbons (Fsp3) is 0.364. The average Bonchev–Trinajstić information content (AvgIpc) is 2.36. The van der Waals surface area contributed by atoms with Crippen LogP contribution in [0.3, 0.4) is 0 Å². The number of halogens is 4. The highest BCUT2D eigenvalue weighted by Gasteiger charge is 2.21. The van der Waals surface area contributed by atoms with Gasteiger partial charge in [0.15, 0.2) is 5.84 Å². The minimum absolute atomic E-state index is 0.229. The van der Waals surface area contributed by atoms with Gasteiger partial charge in [-0.3, -0.25) is 0 Å². The molecule has 0 radical (unpaired) electrons. The second-order valence-electron chi connectivity index (χ2n) is 3.83. The summed E-state index contributed by atoms with van der Waals surface area (Å²) in [5, 5.41) is 19.8. The van der Waals surface area contributed by atoms with Gasteiger partial charge in [0.1, 0.15) is 17.3 Å². The Morgan fingerprint density at radius 1 is 1.30 bits per heavy atom. The smallest absolute Gasteiger partial charge is 0.255 e. The molecule has 1 aromatic carbocycles. The fourth-order valence-corrected chi connectivity index (χ4v) is 1.65. The molecule has 0 saturated carbocycles. The highest BCUT2D eigenvalue weighted by molar-refractivity contribution is 5.97. The molecule has 1 aromatic rings. The topological polar surface area (TPSA) is 82.1 Å². The maximum absolute atomic E-state index is 13.8. The Kier molecular flexibility index (Phi) is 5.56. The third kappa shape index (κ3) is 3.73. The number of benzene rings is 1. The van der Waals surface area contributed by atoms with Crippen molar-refractivity contribution < 1.29 is 27.9 Å². The van der Waals surface area contributed by atoms with Gasteiger partial charge in [-0.15, -0.1) is 0 Å². The van der Waals surface area contributed by atoms with Crippen molar-refractivity contribution in [3.8, 4) is 0 Å². The Morgan fingerprint density at radius 2 is 1.85 bits per heavy atom. The Bertz CT molecular complexity index is 474. The molecule has 0 spiro atoms. The van der Waals surface area contributed by atoms with Crippen LogP contribution in [0.25, 0.3) is 0 Å². The molecule has 0 aliphatic rings. The maximum atomic E-state index is 13.8. The Hall–Kier alpha value is -2.03. The monoisotopic (exact) mass is 295 g/mol. The molecule has 0 heterocycles. The molecule has 0 bridgehead atoms.